The van der Waals surface area contributed by atoms with Crippen LogP contribution in [-0.2, 0) is 5.41 Å². The molecular formula is C12H18O2. The number of aliphatic hydroxyl groups is 1. The Labute approximate surface area is 85.5 Å². The molecule has 1 aromatic carbocycles. The average molecular weight is 194 g/mol. The molecule has 0 amide bonds. The lowest BCUT2D eigenvalue weighted by atomic mass is 9.85. The van der Waals surface area contributed by atoms with Crippen LogP contribution >= 0.6 is 0 Å². The van der Waals surface area contributed by atoms with Gasteiger partial charge >= 0.3 is 0 Å². The Hall–Kier alpha value is -1.02. The Morgan fingerprint density at radius 3 is 2.43 bits per heavy atom. The molecule has 0 aliphatic rings. The van der Waals surface area contributed by atoms with E-state index in [0.29, 0.717) is 0 Å². The first-order valence-electron chi connectivity index (χ1n) is 4.77. The number of benzene rings is 1. The molecule has 0 radical (unpaired) electrons. The summed E-state index contributed by atoms with van der Waals surface area (Å²) in [6.45, 7) is 6.21. The molecule has 14 heavy (non-hydrogen) atoms. The lowest BCUT2D eigenvalue weighted by Gasteiger charge is -2.23. The highest BCUT2D eigenvalue weighted by Crippen LogP contribution is 2.27. The predicted molar refractivity (Wildman–Crippen MR) is 57.8 cm³/mol. The Morgan fingerprint density at radius 2 is 2.00 bits per heavy atom. The summed E-state index contributed by atoms with van der Waals surface area (Å²) >= 11 is 0. The topological polar surface area (TPSA) is 29.5 Å². The van der Waals surface area contributed by atoms with E-state index in [1.54, 1.807) is 7.11 Å². The van der Waals surface area contributed by atoms with Crippen molar-refractivity contribution in [2.45, 2.75) is 26.2 Å². The molecule has 0 saturated heterocycles. The van der Waals surface area contributed by atoms with Gasteiger partial charge in [0.1, 0.15) is 5.75 Å². The average Bonchev–Trinajstić information content (AvgIpc) is 2.17. The van der Waals surface area contributed by atoms with Crippen LogP contribution in [0.15, 0.2) is 18.2 Å². The van der Waals surface area contributed by atoms with Crippen LogP contribution in [0, 0.1) is 6.92 Å². The molecule has 0 fully saturated rings. The van der Waals surface area contributed by atoms with Crippen LogP contribution in [0.2, 0.25) is 0 Å². The minimum atomic E-state index is -0.184. The summed E-state index contributed by atoms with van der Waals surface area (Å²) in [6.07, 6.45) is 0. The normalized spacial score (nSPS) is 11.5. The summed E-state index contributed by atoms with van der Waals surface area (Å²) in [5.41, 5.74) is 2.06. The van der Waals surface area contributed by atoms with E-state index in [1.165, 1.54) is 0 Å². The summed E-state index contributed by atoms with van der Waals surface area (Å²) in [7, 11) is 1.67. The monoisotopic (exact) mass is 194 g/mol. The quantitative estimate of drug-likeness (QED) is 0.799. The standard InChI is InChI=1S/C12H18O2/c1-9-7-10(12(2,3)8-13)5-6-11(9)14-4/h5-7,13H,8H2,1-4H3. The molecule has 0 bridgehead atoms. The Balaban J connectivity index is 3.08. The van der Waals surface area contributed by atoms with Crippen LogP contribution in [0.1, 0.15) is 25.0 Å². The lowest BCUT2D eigenvalue weighted by Crippen LogP contribution is -2.22. The minimum absolute atomic E-state index is 0.152. The van der Waals surface area contributed by atoms with Crippen molar-refractivity contribution in [2.24, 2.45) is 0 Å². The Kier molecular flexibility index (Phi) is 3.17. The molecule has 0 aliphatic carbocycles. The second-order valence-corrected chi connectivity index (χ2v) is 4.23. The fourth-order valence-corrected chi connectivity index (χ4v) is 1.39. The van der Waals surface area contributed by atoms with Crippen molar-refractivity contribution in [1.29, 1.82) is 0 Å². The predicted octanol–water partition coefficient (Wildman–Crippen LogP) is 2.27. The van der Waals surface area contributed by atoms with E-state index < -0.39 is 0 Å². The molecule has 1 rings (SSSR count). The molecule has 0 aromatic heterocycles. The number of methoxy groups -OCH3 is 1. The SMILES string of the molecule is COc1ccc(C(C)(C)CO)cc1C. The zero-order valence-corrected chi connectivity index (χ0v) is 9.29. The first-order chi connectivity index (χ1) is 6.51. The summed E-state index contributed by atoms with van der Waals surface area (Å²) in [6, 6.07) is 6.01. The molecule has 0 unspecified atom stereocenters. The molecule has 0 spiro atoms. The van der Waals surface area contributed by atoms with Gasteiger partial charge < -0.3 is 9.84 Å². The third-order valence-electron chi connectivity index (χ3n) is 2.57. The molecule has 0 saturated carbocycles. The van der Waals surface area contributed by atoms with E-state index in [2.05, 4.69) is 6.07 Å². The van der Waals surface area contributed by atoms with Crippen molar-refractivity contribution >= 4 is 0 Å². The van der Waals surface area contributed by atoms with E-state index in [9.17, 15) is 5.11 Å². The molecule has 2 nitrogen and oxygen atoms in total. The van der Waals surface area contributed by atoms with Crippen LogP contribution in [-0.4, -0.2) is 18.8 Å². The van der Waals surface area contributed by atoms with Crippen molar-refractivity contribution in [2.75, 3.05) is 13.7 Å². The zero-order chi connectivity index (χ0) is 10.8. The first kappa shape index (κ1) is 11.1. The van der Waals surface area contributed by atoms with Gasteiger partial charge in [-0.2, -0.15) is 0 Å². The number of rotatable bonds is 3. The van der Waals surface area contributed by atoms with E-state index in [0.717, 1.165) is 16.9 Å². The highest BCUT2D eigenvalue weighted by Gasteiger charge is 2.19. The third-order valence-corrected chi connectivity index (χ3v) is 2.57. The summed E-state index contributed by atoms with van der Waals surface area (Å²) in [5.74, 6) is 0.891. The number of aryl methyl sites for hydroxylation is 1. The van der Waals surface area contributed by atoms with Crippen molar-refractivity contribution in [3.05, 3.63) is 29.3 Å². The van der Waals surface area contributed by atoms with Gasteiger partial charge in [-0.05, 0) is 24.1 Å². The number of aliphatic hydroxyl groups excluding tert-OH is 1. The maximum absolute atomic E-state index is 9.23. The first-order valence-corrected chi connectivity index (χ1v) is 4.77. The zero-order valence-electron chi connectivity index (χ0n) is 9.29. The van der Waals surface area contributed by atoms with Gasteiger partial charge in [-0.25, -0.2) is 0 Å². The molecule has 1 aromatic rings. The van der Waals surface area contributed by atoms with Gasteiger partial charge in [-0.1, -0.05) is 26.0 Å². The van der Waals surface area contributed by atoms with E-state index in [1.807, 2.05) is 32.9 Å². The number of hydrogen-bond acceptors (Lipinski definition) is 2. The van der Waals surface area contributed by atoms with Crippen LogP contribution in [0.4, 0.5) is 0 Å². The van der Waals surface area contributed by atoms with Gasteiger partial charge in [-0.3, -0.25) is 0 Å². The molecule has 0 heterocycles. The highest BCUT2D eigenvalue weighted by molar-refractivity contribution is 5.38. The molecule has 0 aliphatic heterocycles. The third kappa shape index (κ3) is 2.07. The summed E-state index contributed by atoms with van der Waals surface area (Å²) in [5, 5.41) is 9.23. The number of hydrogen-bond donors (Lipinski definition) is 1. The van der Waals surface area contributed by atoms with Gasteiger partial charge in [0.15, 0.2) is 0 Å². The van der Waals surface area contributed by atoms with E-state index >= 15 is 0 Å². The van der Waals surface area contributed by atoms with Gasteiger partial charge in [0, 0.05) is 5.41 Å². The van der Waals surface area contributed by atoms with Crippen LogP contribution < -0.4 is 4.74 Å². The molecule has 2 heteroatoms. The molecular weight excluding hydrogens is 176 g/mol. The Bertz CT molecular complexity index is 316. The highest BCUT2D eigenvalue weighted by atomic mass is 16.5. The summed E-state index contributed by atoms with van der Waals surface area (Å²) in [4.78, 5) is 0. The molecule has 78 valence electrons. The maximum Gasteiger partial charge on any atom is 0.121 e. The van der Waals surface area contributed by atoms with Gasteiger partial charge in [0.25, 0.3) is 0 Å². The van der Waals surface area contributed by atoms with E-state index in [-0.39, 0.29) is 12.0 Å². The van der Waals surface area contributed by atoms with Crippen LogP contribution in [0.5, 0.6) is 5.75 Å². The van der Waals surface area contributed by atoms with Crippen molar-refractivity contribution < 1.29 is 9.84 Å². The largest absolute Gasteiger partial charge is 0.496 e. The van der Waals surface area contributed by atoms with Gasteiger partial charge in [-0.15, -0.1) is 0 Å². The Morgan fingerprint density at radius 1 is 1.36 bits per heavy atom. The fraction of sp³-hybridized carbons (Fsp3) is 0.500. The minimum Gasteiger partial charge on any atom is -0.496 e. The molecule has 1 N–H and O–H groups in total. The smallest absolute Gasteiger partial charge is 0.121 e. The van der Waals surface area contributed by atoms with Crippen molar-refractivity contribution in [3.63, 3.8) is 0 Å². The maximum atomic E-state index is 9.23. The van der Waals surface area contributed by atoms with Crippen LogP contribution in [0.3, 0.4) is 0 Å². The van der Waals surface area contributed by atoms with Crippen LogP contribution in [0.25, 0.3) is 0 Å². The second kappa shape index (κ2) is 4.01. The number of ether oxygens (including phenoxy) is 1. The van der Waals surface area contributed by atoms with Crippen molar-refractivity contribution in [1.82, 2.24) is 0 Å². The fourth-order valence-electron chi connectivity index (χ4n) is 1.39. The van der Waals surface area contributed by atoms with Gasteiger partial charge in [0.2, 0.25) is 0 Å². The van der Waals surface area contributed by atoms with Gasteiger partial charge in [0.05, 0.1) is 13.7 Å². The lowest BCUT2D eigenvalue weighted by molar-refractivity contribution is 0.218. The summed E-state index contributed by atoms with van der Waals surface area (Å²) < 4.78 is 5.18. The van der Waals surface area contributed by atoms with Crippen molar-refractivity contribution in [3.8, 4) is 5.75 Å². The van der Waals surface area contributed by atoms with E-state index in [4.69, 9.17) is 4.74 Å². The second-order valence-electron chi connectivity index (χ2n) is 4.23. The molecule has 0 atom stereocenters.